The van der Waals surface area contributed by atoms with Gasteiger partial charge in [0.2, 0.25) is 0 Å². The molecule has 1 aromatic heterocycles. The molecule has 106 valence electrons. The Morgan fingerprint density at radius 1 is 1.35 bits per heavy atom. The first kappa shape index (κ1) is 14.3. The molecule has 6 nitrogen and oxygen atoms in total. The quantitative estimate of drug-likeness (QED) is 0.784. The van der Waals surface area contributed by atoms with Crippen LogP contribution in [0.5, 0.6) is 0 Å². The van der Waals surface area contributed by atoms with Crippen molar-refractivity contribution in [2.24, 2.45) is 5.41 Å². The first-order valence-electron chi connectivity index (χ1n) is 6.57. The SMILES string of the molecule is CC(C)(C)C(=O)Cn1c(=O)c(C#N)c2n(c1=O)CCC2. The van der Waals surface area contributed by atoms with E-state index in [1.54, 1.807) is 20.8 Å². The zero-order valence-corrected chi connectivity index (χ0v) is 11.9. The van der Waals surface area contributed by atoms with Crippen molar-refractivity contribution in [1.29, 1.82) is 5.26 Å². The number of hydrogen-bond acceptors (Lipinski definition) is 4. The minimum atomic E-state index is -0.650. The van der Waals surface area contributed by atoms with Crippen molar-refractivity contribution in [3.63, 3.8) is 0 Å². The molecule has 0 aliphatic carbocycles. The van der Waals surface area contributed by atoms with E-state index in [0.29, 0.717) is 18.7 Å². The van der Waals surface area contributed by atoms with E-state index in [4.69, 9.17) is 5.26 Å². The maximum absolute atomic E-state index is 12.3. The third-order valence-electron chi connectivity index (χ3n) is 3.58. The number of carbonyl (C=O) groups excluding carboxylic acids is 1. The number of ketones is 1. The highest BCUT2D eigenvalue weighted by Crippen LogP contribution is 2.16. The van der Waals surface area contributed by atoms with Gasteiger partial charge in [-0.05, 0) is 12.8 Å². The summed E-state index contributed by atoms with van der Waals surface area (Å²) in [6.07, 6.45) is 1.29. The molecule has 0 unspecified atom stereocenters. The number of fused-ring (bicyclic) bond motifs is 1. The first-order valence-corrected chi connectivity index (χ1v) is 6.57. The molecule has 0 saturated carbocycles. The number of hydrogen-bond donors (Lipinski definition) is 0. The summed E-state index contributed by atoms with van der Waals surface area (Å²) in [7, 11) is 0. The zero-order valence-electron chi connectivity index (χ0n) is 11.9. The van der Waals surface area contributed by atoms with E-state index in [-0.39, 0.29) is 17.9 Å². The maximum atomic E-state index is 12.3. The molecule has 1 aliphatic rings. The Labute approximate surface area is 116 Å². The van der Waals surface area contributed by atoms with E-state index < -0.39 is 16.7 Å². The fourth-order valence-corrected chi connectivity index (χ4v) is 2.27. The molecule has 1 aliphatic heterocycles. The van der Waals surface area contributed by atoms with E-state index in [0.717, 1.165) is 11.0 Å². The van der Waals surface area contributed by atoms with Crippen molar-refractivity contribution in [2.75, 3.05) is 0 Å². The second kappa shape index (κ2) is 4.75. The van der Waals surface area contributed by atoms with Crippen molar-refractivity contribution >= 4 is 5.78 Å². The van der Waals surface area contributed by atoms with Gasteiger partial charge >= 0.3 is 5.69 Å². The molecule has 0 N–H and O–H groups in total. The van der Waals surface area contributed by atoms with Gasteiger partial charge in [-0.2, -0.15) is 5.26 Å². The molecule has 0 bridgehead atoms. The lowest BCUT2D eigenvalue weighted by Gasteiger charge is -2.17. The van der Waals surface area contributed by atoms with E-state index in [1.807, 2.05) is 6.07 Å². The summed E-state index contributed by atoms with van der Waals surface area (Å²) < 4.78 is 2.33. The lowest BCUT2D eigenvalue weighted by molar-refractivity contribution is -0.127. The van der Waals surface area contributed by atoms with E-state index in [1.165, 1.54) is 4.57 Å². The lowest BCUT2D eigenvalue weighted by atomic mass is 9.91. The molecular formula is C14H17N3O3. The lowest BCUT2D eigenvalue weighted by Crippen LogP contribution is -2.44. The minimum Gasteiger partial charge on any atom is -0.297 e. The summed E-state index contributed by atoms with van der Waals surface area (Å²) >= 11 is 0. The fourth-order valence-electron chi connectivity index (χ4n) is 2.27. The molecule has 0 saturated heterocycles. The Balaban J connectivity index is 2.62. The molecule has 0 amide bonds. The summed E-state index contributed by atoms with van der Waals surface area (Å²) in [4.78, 5) is 36.5. The summed E-state index contributed by atoms with van der Waals surface area (Å²) in [5, 5.41) is 9.13. The molecule has 0 atom stereocenters. The van der Waals surface area contributed by atoms with Crippen LogP contribution in [0.25, 0.3) is 0 Å². The highest BCUT2D eigenvalue weighted by molar-refractivity contribution is 5.83. The average Bonchev–Trinajstić information content (AvgIpc) is 2.82. The van der Waals surface area contributed by atoms with Gasteiger partial charge in [-0.15, -0.1) is 0 Å². The first-order chi connectivity index (χ1) is 9.27. The van der Waals surface area contributed by atoms with Crippen molar-refractivity contribution in [2.45, 2.75) is 46.7 Å². The molecule has 1 aromatic rings. The van der Waals surface area contributed by atoms with Crippen LogP contribution in [-0.2, 0) is 24.3 Å². The molecule has 6 heteroatoms. The van der Waals surface area contributed by atoms with Crippen molar-refractivity contribution < 1.29 is 4.79 Å². The Kier molecular flexibility index (Phi) is 3.38. The van der Waals surface area contributed by atoms with Crippen LogP contribution in [0.15, 0.2) is 9.59 Å². The second-order valence-corrected chi connectivity index (χ2v) is 6.04. The molecule has 0 radical (unpaired) electrons. The number of aromatic nitrogens is 2. The summed E-state index contributed by atoms with van der Waals surface area (Å²) in [6, 6.07) is 1.87. The van der Waals surface area contributed by atoms with Gasteiger partial charge in [0.1, 0.15) is 11.6 Å². The molecule has 0 spiro atoms. The van der Waals surface area contributed by atoms with Crippen LogP contribution in [0.3, 0.4) is 0 Å². The van der Waals surface area contributed by atoms with Crippen molar-refractivity contribution in [1.82, 2.24) is 9.13 Å². The van der Waals surface area contributed by atoms with Gasteiger partial charge in [-0.1, -0.05) is 20.8 Å². The number of rotatable bonds is 2. The van der Waals surface area contributed by atoms with Crippen LogP contribution in [0.2, 0.25) is 0 Å². The van der Waals surface area contributed by atoms with Gasteiger partial charge < -0.3 is 0 Å². The Morgan fingerprint density at radius 3 is 2.55 bits per heavy atom. The molecule has 0 aromatic carbocycles. The summed E-state index contributed by atoms with van der Waals surface area (Å²) in [5.74, 6) is -0.209. The van der Waals surface area contributed by atoms with Gasteiger partial charge in [-0.3, -0.25) is 18.7 Å². The zero-order chi connectivity index (χ0) is 15.1. The minimum absolute atomic E-state index is 0.0104. The number of carbonyl (C=O) groups is 1. The standard InChI is InChI=1S/C14H17N3O3/c1-14(2,3)11(18)8-17-12(19)9(7-15)10-5-4-6-16(10)13(17)20/h4-6,8H2,1-3H3. The van der Waals surface area contributed by atoms with Crippen molar-refractivity contribution in [3.8, 4) is 6.07 Å². The normalized spacial score (nSPS) is 13.9. The molecular weight excluding hydrogens is 258 g/mol. The van der Waals surface area contributed by atoms with Crippen molar-refractivity contribution in [3.05, 3.63) is 32.1 Å². The Bertz CT molecular complexity index is 726. The van der Waals surface area contributed by atoms with Gasteiger partial charge in [0.25, 0.3) is 5.56 Å². The number of nitriles is 1. The highest BCUT2D eigenvalue weighted by Gasteiger charge is 2.26. The van der Waals surface area contributed by atoms with Crippen LogP contribution in [0.1, 0.15) is 38.4 Å². The third-order valence-corrected chi connectivity index (χ3v) is 3.58. The largest absolute Gasteiger partial charge is 0.331 e. The van der Waals surface area contributed by atoms with Gasteiger partial charge in [0, 0.05) is 17.7 Å². The number of Topliss-reactive ketones (excluding diaryl/α,β-unsaturated/α-hetero) is 1. The second-order valence-electron chi connectivity index (χ2n) is 6.04. The van der Waals surface area contributed by atoms with Gasteiger partial charge in [0.15, 0.2) is 5.78 Å². The van der Waals surface area contributed by atoms with Gasteiger partial charge in [-0.25, -0.2) is 4.79 Å². The maximum Gasteiger partial charge on any atom is 0.331 e. The smallest absolute Gasteiger partial charge is 0.297 e. The van der Waals surface area contributed by atoms with E-state index in [2.05, 4.69) is 0 Å². The summed E-state index contributed by atoms with van der Waals surface area (Å²) in [5.41, 5.74) is -1.28. The van der Waals surface area contributed by atoms with Crippen LogP contribution in [-0.4, -0.2) is 14.9 Å². The van der Waals surface area contributed by atoms with Crippen LogP contribution < -0.4 is 11.2 Å². The van der Waals surface area contributed by atoms with E-state index >= 15 is 0 Å². The topological polar surface area (TPSA) is 84.9 Å². The molecule has 2 heterocycles. The Hall–Kier alpha value is -2.16. The van der Waals surface area contributed by atoms with Crippen LogP contribution in [0.4, 0.5) is 0 Å². The predicted octanol–water partition coefficient (Wildman–Crippen LogP) is 0.443. The van der Waals surface area contributed by atoms with Crippen LogP contribution >= 0.6 is 0 Å². The molecule has 2 rings (SSSR count). The monoisotopic (exact) mass is 275 g/mol. The highest BCUT2D eigenvalue weighted by atomic mass is 16.2. The third kappa shape index (κ3) is 2.20. The van der Waals surface area contributed by atoms with Crippen LogP contribution in [0, 0.1) is 16.7 Å². The van der Waals surface area contributed by atoms with E-state index in [9.17, 15) is 14.4 Å². The molecule has 0 fully saturated rings. The summed E-state index contributed by atoms with van der Waals surface area (Å²) in [6.45, 7) is 5.41. The average molecular weight is 275 g/mol. The van der Waals surface area contributed by atoms with Gasteiger partial charge in [0.05, 0.1) is 6.54 Å². The fraction of sp³-hybridized carbons (Fsp3) is 0.571. The number of nitrogens with zero attached hydrogens (tertiary/aromatic N) is 3. The Morgan fingerprint density at radius 2 is 2.00 bits per heavy atom. The predicted molar refractivity (Wildman–Crippen MR) is 72.5 cm³/mol. The molecule has 20 heavy (non-hydrogen) atoms.